The molecule has 2 aliphatic rings. The normalized spacial score (nSPS) is 34.6. The Balaban J connectivity index is 1.71. The van der Waals surface area contributed by atoms with E-state index in [-0.39, 0.29) is 16.2 Å². The van der Waals surface area contributed by atoms with Crippen LogP contribution >= 0.6 is 0 Å². The quantitative estimate of drug-likeness (QED) is 0.925. The number of hydrogen-bond acceptors (Lipinski definition) is 3. The van der Waals surface area contributed by atoms with Gasteiger partial charge in [-0.1, -0.05) is 12.1 Å². The van der Waals surface area contributed by atoms with E-state index in [9.17, 15) is 22.5 Å². The highest BCUT2D eigenvalue weighted by Crippen LogP contribution is 2.45. The number of alkyl halides is 3. The molecule has 0 aliphatic carbocycles. The molecule has 2 fully saturated rings. The average molecular weight is 334 g/mol. The summed E-state index contributed by atoms with van der Waals surface area (Å²) in [4.78, 5) is 0. The summed E-state index contributed by atoms with van der Waals surface area (Å²) in [5, 5.41) is 10.9. The molecule has 2 unspecified atom stereocenters. The average Bonchev–Trinajstić information content (AvgIpc) is 2.68. The van der Waals surface area contributed by atoms with Gasteiger partial charge in [-0.3, -0.25) is 4.21 Å². The molecule has 0 aromatic heterocycles. The van der Waals surface area contributed by atoms with Crippen LogP contribution in [-0.2, 0) is 16.4 Å². The van der Waals surface area contributed by atoms with Gasteiger partial charge in [0, 0.05) is 21.3 Å². The minimum Gasteiger partial charge on any atom is -0.484 e. The number of ether oxygens (including phenoxy) is 1. The highest BCUT2D eigenvalue weighted by molar-refractivity contribution is 7.86. The maximum atomic E-state index is 12.1. The molecule has 1 aromatic rings. The smallest absolute Gasteiger partial charge is 0.422 e. The lowest BCUT2D eigenvalue weighted by atomic mass is 9.86. The van der Waals surface area contributed by atoms with E-state index in [1.165, 1.54) is 12.1 Å². The Morgan fingerprint density at radius 1 is 1.18 bits per heavy atom. The molecule has 2 bridgehead atoms. The molecule has 2 atom stereocenters. The largest absolute Gasteiger partial charge is 0.484 e. The lowest BCUT2D eigenvalue weighted by Crippen LogP contribution is -2.40. The topological polar surface area (TPSA) is 46.5 Å². The predicted octanol–water partition coefficient (Wildman–Crippen LogP) is 2.89. The second-order valence-electron chi connectivity index (χ2n) is 6.02. The van der Waals surface area contributed by atoms with Gasteiger partial charge in [0.2, 0.25) is 0 Å². The van der Waals surface area contributed by atoms with Crippen LogP contribution in [0.25, 0.3) is 0 Å². The molecule has 3 nitrogen and oxygen atoms in total. The van der Waals surface area contributed by atoms with Crippen LogP contribution < -0.4 is 4.74 Å². The van der Waals surface area contributed by atoms with Gasteiger partial charge in [0.1, 0.15) is 5.75 Å². The monoisotopic (exact) mass is 334 g/mol. The first-order valence-electron chi connectivity index (χ1n) is 7.19. The van der Waals surface area contributed by atoms with E-state index in [0.717, 1.165) is 12.8 Å². The number of halogens is 3. The number of rotatable bonds is 3. The second-order valence-corrected chi connectivity index (χ2v) is 8.01. The number of fused-ring (bicyclic) bond motifs is 2. The number of aliphatic hydroxyl groups is 1. The summed E-state index contributed by atoms with van der Waals surface area (Å²) in [5.74, 6) is 0.118. The first-order valence-corrected chi connectivity index (χ1v) is 8.46. The van der Waals surface area contributed by atoms with Crippen LogP contribution in [0, 0.1) is 0 Å². The summed E-state index contributed by atoms with van der Waals surface area (Å²) in [6, 6.07) is 6.07. The van der Waals surface area contributed by atoms with E-state index >= 15 is 0 Å². The van der Waals surface area contributed by atoms with E-state index < -0.39 is 29.2 Å². The summed E-state index contributed by atoms with van der Waals surface area (Å²) in [7, 11) is -0.866. The standard InChI is InChI=1S/C15H17F3O3S/c16-15(17,18)9-21-11-3-1-10(2-4-11)14(19)7-12-5-6-13(8-14)22(12)20/h1-4,12-13,19H,5-9H2. The Hall–Kier alpha value is -1.08. The first kappa shape index (κ1) is 15.8. The molecule has 0 amide bonds. The molecule has 0 saturated carbocycles. The zero-order valence-corrected chi connectivity index (χ0v) is 12.6. The minimum absolute atomic E-state index is 0.0184. The molecule has 2 saturated heterocycles. The third-order valence-electron chi connectivity index (χ3n) is 4.39. The van der Waals surface area contributed by atoms with Crippen LogP contribution in [0.2, 0.25) is 0 Å². The maximum Gasteiger partial charge on any atom is 0.422 e. The van der Waals surface area contributed by atoms with E-state index in [0.29, 0.717) is 18.4 Å². The summed E-state index contributed by atoms with van der Waals surface area (Å²) in [6.45, 7) is -1.33. The molecule has 1 aromatic carbocycles. The van der Waals surface area contributed by atoms with Crippen LogP contribution in [-0.4, -0.2) is 32.6 Å². The molecule has 22 heavy (non-hydrogen) atoms. The van der Waals surface area contributed by atoms with Crippen molar-refractivity contribution in [3.05, 3.63) is 29.8 Å². The Morgan fingerprint density at radius 2 is 1.73 bits per heavy atom. The zero-order chi connectivity index (χ0) is 16.0. The Bertz CT molecular complexity index is 554. The van der Waals surface area contributed by atoms with Crippen LogP contribution in [0.3, 0.4) is 0 Å². The van der Waals surface area contributed by atoms with Crippen molar-refractivity contribution in [2.75, 3.05) is 6.61 Å². The van der Waals surface area contributed by atoms with Gasteiger partial charge in [0.25, 0.3) is 0 Å². The molecule has 122 valence electrons. The number of benzene rings is 1. The third-order valence-corrected chi connectivity index (χ3v) is 6.51. The molecular weight excluding hydrogens is 317 g/mol. The lowest BCUT2D eigenvalue weighted by Gasteiger charge is -2.36. The maximum absolute atomic E-state index is 12.1. The Morgan fingerprint density at radius 3 is 2.23 bits per heavy atom. The molecule has 0 radical (unpaired) electrons. The first-order chi connectivity index (χ1) is 10.3. The minimum atomic E-state index is -4.37. The third kappa shape index (κ3) is 3.15. The fourth-order valence-electron chi connectivity index (χ4n) is 3.34. The summed E-state index contributed by atoms with van der Waals surface area (Å²) < 4.78 is 53.0. The Labute approximate surface area is 128 Å². The van der Waals surface area contributed by atoms with Crippen LogP contribution in [0.15, 0.2) is 24.3 Å². The highest BCUT2D eigenvalue weighted by Gasteiger charge is 2.48. The molecule has 0 spiro atoms. The summed E-state index contributed by atoms with van der Waals surface area (Å²) in [5.41, 5.74) is -0.386. The molecular formula is C15H17F3O3S. The van der Waals surface area contributed by atoms with Gasteiger partial charge < -0.3 is 9.84 Å². The summed E-state index contributed by atoms with van der Waals surface area (Å²) >= 11 is 0. The van der Waals surface area contributed by atoms with Gasteiger partial charge in [-0.2, -0.15) is 13.2 Å². The van der Waals surface area contributed by atoms with Crippen LogP contribution in [0.4, 0.5) is 13.2 Å². The van der Waals surface area contributed by atoms with E-state index in [2.05, 4.69) is 4.74 Å². The van der Waals surface area contributed by atoms with E-state index in [1.54, 1.807) is 12.1 Å². The van der Waals surface area contributed by atoms with Crippen molar-refractivity contribution >= 4 is 10.8 Å². The highest BCUT2D eigenvalue weighted by atomic mass is 32.2. The SMILES string of the molecule is O=S1C2CCC1CC(O)(c1ccc(OCC(F)(F)F)cc1)C2. The van der Waals surface area contributed by atoms with Gasteiger partial charge >= 0.3 is 6.18 Å². The van der Waals surface area contributed by atoms with Gasteiger partial charge in [-0.15, -0.1) is 0 Å². The van der Waals surface area contributed by atoms with Crippen molar-refractivity contribution in [2.24, 2.45) is 0 Å². The van der Waals surface area contributed by atoms with Crippen LogP contribution in [0.5, 0.6) is 5.75 Å². The molecule has 3 rings (SSSR count). The fraction of sp³-hybridized carbons (Fsp3) is 0.600. The second kappa shape index (κ2) is 5.53. The van der Waals surface area contributed by atoms with Gasteiger partial charge in [0.05, 0.1) is 5.60 Å². The van der Waals surface area contributed by atoms with Crippen molar-refractivity contribution in [3.8, 4) is 5.75 Å². The Kier molecular flexibility index (Phi) is 3.97. The van der Waals surface area contributed by atoms with E-state index in [1.807, 2.05) is 0 Å². The zero-order valence-electron chi connectivity index (χ0n) is 11.8. The van der Waals surface area contributed by atoms with Gasteiger partial charge in [0.15, 0.2) is 6.61 Å². The molecule has 1 N–H and O–H groups in total. The van der Waals surface area contributed by atoms with Crippen molar-refractivity contribution in [3.63, 3.8) is 0 Å². The van der Waals surface area contributed by atoms with Gasteiger partial charge in [-0.25, -0.2) is 0 Å². The molecule has 2 aliphatic heterocycles. The van der Waals surface area contributed by atoms with Crippen molar-refractivity contribution in [2.45, 2.75) is 48.0 Å². The van der Waals surface area contributed by atoms with Crippen molar-refractivity contribution in [1.82, 2.24) is 0 Å². The summed E-state index contributed by atoms with van der Waals surface area (Å²) in [6.07, 6.45) is -1.75. The lowest BCUT2D eigenvalue weighted by molar-refractivity contribution is -0.153. The van der Waals surface area contributed by atoms with Crippen molar-refractivity contribution < 1.29 is 27.2 Å². The van der Waals surface area contributed by atoms with Crippen LogP contribution in [0.1, 0.15) is 31.2 Å². The fourth-order valence-corrected chi connectivity index (χ4v) is 5.50. The predicted molar refractivity (Wildman–Crippen MR) is 76.1 cm³/mol. The van der Waals surface area contributed by atoms with E-state index in [4.69, 9.17) is 0 Å². The molecule has 2 heterocycles. The molecule has 7 heteroatoms. The van der Waals surface area contributed by atoms with Crippen molar-refractivity contribution in [1.29, 1.82) is 0 Å². The number of hydrogen-bond donors (Lipinski definition) is 1. The van der Waals surface area contributed by atoms with Gasteiger partial charge in [-0.05, 0) is 43.4 Å².